The van der Waals surface area contributed by atoms with Crippen molar-refractivity contribution in [3.8, 4) is 17.0 Å². The highest BCUT2D eigenvalue weighted by molar-refractivity contribution is 6.33. The first-order valence-corrected chi connectivity index (χ1v) is 10.3. The molecule has 0 aliphatic rings. The lowest BCUT2D eigenvalue weighted by atomic mass is 10.1. The van der Waals surface area contributed by atoms with Crippen LogP contribution in [0.5, 0.6) is 5.75 Å². The van der Waals surface area contributed by atoms with Gasteiger partial charge in [-0.2, -0.15) is 18.3 Å². The van der Waals surface area contributed by atoms with E-state index in [9.17, 15) is 23.1 Å². The fraction of sp³-hybridized carbons (Fsp3) is 0.333. The second-order valence-corrected chi connectivity index (χ2v) is 7.86. The molecule has 3 N–H and O–H groups in total. The highest BCUT2D eigenvalue weighted by atomic mass is 35.5. The topological polar surface area (TPSA) is 113 Å². The largest absolute Gasteiger partial charge is 0.480 e. The van der Waals surface area contributed by atoms with E-state index in [1.165, 1.54) is 20.0 Å². The Morgan fingerprint density at radius 3 is 2.47 bits per heavy atom. The Balaban J connectivity index is 2.12. The van der Waals surface area contributed by atoms with Crippen molar-refractivity contribution in [2.45, 2.75) is 46.1 Å². The van der Waals surface area contributed by atoms with E-state index in [1.54, 1.807) is 6.92 Å². The number of carbonyl (C=O) groups excluding carboxylic acids is 1. The normalized spacial score (nSPS) is 13.5. The van der Waals surface area contributed by atoms with Gasteiger partial charge in [0.05, 0.1) is 40.6 Å². The lowest BCUT2D eigenvalue weighted by Crippen LogP contribution is -2.32. The summed E-state index contributed by atoms with van der Waals surface area (Å²) in [5.74, 6) is -2.49. The van der Waals surface area contributed by atoms with E-state index in [0.717, 1.165) is 19.1 Å². The van der Waals surface area contributed by atoms with E-state index in [0.29, 0.717) is 11.4 Å². The highest BCUT2D eigenvalue weighted by Crippen LogP contribution is 2.34. The summed E-state index contributed by atoms with van der Waals surface area (Å²) in [6.07, 6.45) is -6.89. The SMILES string of the molecule is Cc1ncc(-c2cc(O[C@@H](C)C(F)(F)F)c(C(=O)Nc3c(C)n[nH]c3Cl)cc2F)nc1[C@H](C)O. The Bertz CT molecular complexity index is 1210. The Morgan fingerprint density at radius 1 is 1.24 bits per heavy atom. The monoisotopic (exact) mass is 501 g/mol. The molecule has 2 aromatic heterocycles. The van der Waals surface area contributed by atoms with Crippen LogP contribution < -0.4 is 10.1 Å². The van der Waals surface area contributed by atoms with Gasteiger partial charge in [-0.05, 0) is 39.8 Å². The van der Waals surface area contributed by atoms with Crippen molar-refractivity contribution < 1.29 is 32.2 Å². The number of aliphatic hydroxyl groups is 1. The molecule has 182 valence electrons. The summed E-state index contributed by atoms with van der Waals surface area (Å²) < 4.78 is 59.7. The number of nitrogens with one attached hydrogen (secondary N) is 2. The smallest absolute Gasteiger partial charge is 0.425 e. The van der Waals surface area contributed by atoms with Gasteiger partial charge < -0.3 is 15.2 Å². The van der Waals surface area contributed by atoms with E-state index in [1.807, 2.05) is 0 Å². The Kier molecular flexibility index (Phi) is 7.13. The molecule has 0 aliphatic heterocycles. The molecule has 0 saturated heterocycles. The van der Waals surface area contributed by atoms with Gasteiger partial charge in [-0.3, -0.25) is 14.9 Å². The zero-order valence-electron chi connectivity index (χ0n) is 18.4. The number of hydrogen-bond donors (Lipinski definition) is 3. The van der Waals surface area contributed by atoms with Gasteiger partial charge >= 0.3 is 6.18 Å². The maximum Gasteiger partial charge on any atom is 0.425 e. The van der Waals surface area contributed by atoms with Gasteiger partial charge in [-0.15, -0.1) is 0 Å². The van der Waals surface area contributed by atoms with Crippen molar-refractivity contribution >= 4 is 23.2 Å². The molecule has 3 aromatic rings. The van der Waals surface area contributed by atoms with Crippen LogP contribution in [0.3, 0.4) is 0 Å². The molecule has 0 bridgehead atoms. The van der Waals surface area contributed by atoms with Gasteiger partial charge in [0.1, 0.15) is 22.4 Å². The Labute approximate surface area is 196 Å². The van der Waals surface area contributed by atoms with E-state index in [2.05, 4.69) is 25.5 Å². The Hall–Kier alpha value is -3.25. The first kappa shape index (κ1) is 25.4. The lowest BCUT2D eigenvalue weighted by Gasteiger charge is -2.20. The maximum absolute atomic E-state index is 15.1. The molecule has 1 amide bonds. The number of carbonyl (C=O) groups is 1. The zero-order chi connectivity index (χ0) is 25.4. The van der Waals surface area contributed by atoms with Gasteiger partial charge in [0.15, 0.2) is 6.10 Å². The van der Waals surface area contributed by atoms with Crippen molar-refractivity contribution in [2.75, 3.05) is 5.32 Å². The minimum absolute atomic E-state index is 0.0188. The number of nitrogens with zero attached hydrogens (tertiary/aromatic N) is 3. The predicted molar refractivity (Wildman–Crippen MR) is 115 cm³/mol. The molecule has 0 saturated carbocycles. The first-order chi connectivity index (χ1) is 15.8. The highest BCUT2D eigenvalue weighted by Gasteiger charge is 2.39. The molecule has 2 heterocycles. The van der Waals surface area contributed by atoms with Crippen molar-refractivity contribution in [1.29, 1.82) is 0 Å². The number of amides is 1. The van der Waals surface area contributed by atoms with Crippen molar-refractivity contribution in [1.82, 2.24) is 20.2 Å². The van der Waals surface area contributed by atoms with Crippen LogP contribution in [-0.2, 0) is 0 Å². The molecule has 13 heteroatoms. The van der Waals surface area contributed by atoms with Crippen LogP contribution in [0.4, 0.5) is 23.2 Å². The summed E-state index contributed by atoms with van der Waals surface area (Å²) in [6.45, 7) is 5.30. The molecular weight excluding hydrogens is 482 g/mol. The van der Waals surface area contributed by atoms with Crippen LogP contribution in [0.2, 0.25) is 5.15 Å². The summed E-state index contributed by atoms with van der Waals surface area (Å²) in [6, 6.07) is 1.66. The van der Waals surface area contributed by atoms with Crippen molar-refractivity contribution in [2.24, 2.45) is 0 Å². The van der Waals surface area contributed by atoms with Gasteiger partial charge in [0.2, 0.25) is 0 Å². The number of benzene rings is 1. The van der Waals surface area contributed by atoms with E-state index in [-0.39, 0.29) is 27.8 Å². The molecule has 0 unspecified atom stereocenters. The number of hydrogen-bond acceptors (Lipinski definition) is 6. The number of alkyl halides is 3. The molecule has 2 atom stereocenters. The van der Waals surface area contributed by atoms with Crippen LogP contribution in [0, 0.1) is 19.7 Å². The van der Waals surface area contributed by atoms with Gasteiger partial charge in [0, 0.05) is 5.56 Å². The molecular formula is C21H20ClF4N5O3. The molecule has 34 heavy (non-hydrogen) atoms. The van der Waals surface area contributed by atoms with Crippen molar-refractivity contribution in [3.63, 3.8) is 0 Å². The second kappa shape index (κ2) is 9.55. The van der Waals surface area contributed by atoms with Crippen LogP contribution in [0.1, 0.15) is 47.4 Å². The summed E-state index contributed by atoms with van der Waals surface area (Å²) in [4.78, 5) is 21.1. The van der Waals surface area contributed by atoms with Crippen LogP contribution in [-0.4, -0.2) is 43.5 Å². The van der Waals surface area contributed by atoms with Crippen LogP contribution in [0.25, 0.3) is 11.3 Å². The Morgan fingerprint density at radius 2 is 1.91 bits per heavy atom. The fourth-order valence-electron chi connectivity index (χ4n) is 3.00. The first-order valence-electron chi connectivity index (χ1n) is 9.90. The number of rotatable bonds is 6. The molecule has 0 fully saturated rings. The summed E-state index contributed by atoms with van der Waals surface area (Å²) in [5, 5.41) is 18.5. The average Bonchev–Trinajstić information content (AvgIpc) is 3.06. The third-order valence-corrected chi connectivity index (χ3v) is 5.16. The molecule has 0 spiro atoms. The number of halogens is 5. The summed E-state index contributed by atoms with van der Waals surface area (Å²) in [7, 11) is 0. The second-order valence-electron chi connectivity index (χ2n) is 7.48. The predicted octanol–water partition coefficient (Wildman–Crippen LogP) is 4.91. The fourth-order valence-corrected chi connectivity index (χ4v) is 3.23. The van der Waals surface area contributed by atoms with Crippen LogP contribution in [0.15, 0.2) is 18.3 Å². The van der Waals surface area contributed by atoms with Crippen molar-refractivity contribution in [3.05, 3.63) is 51.9 Å². The standard InChI is InChI=1S/C21H20ClF4N5O3/c1-8-17(10(3)32)28-15(7-27-8)12-6-16(34-11(4)21(24,25)26)13(5-14(12)23)20(33)29-18-9(2)30-31-19(18)22/h5-7,10-11,32H,1-4H3,(H,29,33)(H,30,31)/t10-,11-/m0/s1. The number of aliphatic hydroxyl groups excluding tert-OH is 1. The minimum atomic E-state index is -4.75. The van der Waals surface area contributed by atoms with Gasteiger partial charge in [-0.25, -0.2) is 9.37 Å². The maximum atomic E-state index is 15.1. The third kappa shape index (κ3) is 5.28. The number of aryl methyl sites for hydroxylation is 2. The average molecular weight is 502 g/mol. The number of ether oxygens (including phenoxy) is 1. The van der Waals surface area contributed by atoms with Gasteiger partial charge in [-0.1, -0.05) is 11.6 Å². The molecule has 0 radical (unpaired) electrons. The quantitative estimate of drug-likeness (QED) is 0.414. The molecule has 3 rings (SSSR count). The lowest BCUT2D eigenvalue weighted by molar-refractivity contribution is -0.189. The van der Waals surface area contributed by atoms with E-state index >= 15 is 4.39 Å². The van der Waals surface area contributed by atoms with E-state index < -0.39 is 41.4 Å². The molecule has 8 nitrogen and oxygen atoms in total. The number of H-pyrrole nitrogens is 1. The van der Waals surface area contributed by atoms with E-state index in [4.69, 9.17) is 16.3 Å². The molecule has 0 aliphatic carbocycles. The zero-order valence-corrected chi connectivity index (χ0v) is 19.1. The number of anilines is 1. The van der Waals surface area contributed by atoms with Gasteiger partial charge in [0.25, 0.3) is 5.91 Å². The number of aromatic amines is 1. The summed E-state index contributed by atoms with van der Waals surface area (Å²) >= 11 is 5.93. The number of aromatic nitrogens is 4. The van der Waals surface area contributed by atoms with Crippen LogP contribution >= 0.6 is 11.6 Å². The molecule has 1 aromatic carbocycles. The summed E-state index contributed by atoms with van der Waals surface area (Å²) in [5.41, 5.74) is 0.0978. The minimum Gasteiger partial charge on any atom is -0.480 e. The third-order valence-electron chi connectivity index (χ3n) is 4.88.